The van der Waals surface area contributed by atoms with E-state index in [9.17, 15) is 17.6 Å². The number of hydrogen-bond acceptors (Lipinski definition) is 4. The fourth-order valence-corrected chi connectivity index (χ4v) is 5.70. The van der Waals surface area contributed by atoms with Crippen molar-refractivity contribution in [2.75, 3.05) is 10.8 Å². The van der Waals surface area contributed by atoms with E-state index in [1.165, 1.54) is 36.5 Å². The second-order valence-corrected chi connectivity index (χ2v) is 11.0. The topological polar surface area (TPSA) is 83.8 Å². The van der Waals surface area contributed by atoms with Gasteiger partial charge in [-0.25, -0.2) is 18.2 Å². The van der Waals surface area contributed by atoms with Crippen molar-refractivity contribution in [1.29, 1.82) is 0 Å². The fourth-order valence-electron chi connectivity index (χ4n) is 4.05. The van der Waals surface area contributed by atoms with Crippen molar-refractivity contribution in [1.82, 2.24) is 9.99 Å². The minimum atomic E-state index is -4.24. The van der Waals surface area contributed by atoms with Gasteiger partial charge in [0, 0.05) is 17.0 Å². The zero-order chi connectivity index (χ0) is 27.4. The molecule has 0 atom stereocenters. The molecule has 38 heavy (non-hydrogen) atoms. The maximum absolute atomic E-state index is 14.6. The average molecular weight is 553 g/mol. The second-order valence-electron chi connectivity index (χ2n) is 8.68. The molecule has 196 valence electrons. The average Bonchev–Trinajstić information content (AvgIpc) is 3.16. The molecule has 1 amide bonds. The Kier molecular flexibility index (Phi) is 7.99. The Bertz CT molecular complexity index is 1620. The normalized spacial score (nSPS) is 11.6. The summed E-state index contributed by atoms with van der Waals surface area (Å²) in [4.78, 5) is 12.7. The highest BCUT2D eigenvalue weighted by Gasteiger charge is 2.29. The summed E-state index contributed by atoms with van der Waals surface area (Å²) in [5.74, 6) is -1.51. The van der Waals surface area contributed by atoms with Gasteiger partial charge in [-0.15, -0.1) is 0 Å². The molecule has 0 saturated carbocycles. The molecule has 10 heteroatoms. The van der Waals surface area contributed by atoms with E-state index in [0.717, 1.165) is 38.6 Å². The van der Waals surface area contributed by atoms with E-state index in [2.05, 4.69) is 10.5 Å². The number of anilines is 1. The molecule has 4 aromatic rings. The van der Waals surface area contributed by atoms with Crippen LogP contribution < -0.4 is 9.73 Å². The summed E-state index contributed by atoms with van der Waals surface area (Å²) >= 11 is 6.36. The maximum atomic E-state index is 14.6. The van der Waals surface area contributed by atoms with Crippen molar-refractivity contribution in [2.45, 2.75) is 25.7 Å². The molecule has 1 aromatic heterocycles. The SMILES string of the molecule is Cc1ccc(S(=O)(=O)N(CC(=O)N/N=C\c2cc(C)n(-c3ccccc3Cl)c2C)c2ccccc2F)cc1. The van der Waals surface area contributed by atoms with Crippen molar-refractivity contribution >= 4 is 39.4 Å². The van der Waals surface area contributed by atoms with Crippen molar-refractivity contribution in [3.63, 3.8) is 0 Å². The van der Waals surface area contributed by atoms with Crippen molar-refractivity contribution in [3.05, 3.63) is 112 Å². The predicted molar refractivity (Wildman–Crippen MR) is 148 cm³/mol. The van der Waals surface area contributed by atoms with Gasteiger partial charge in [0.25, 0.3) is 15.9 Å². The lowest BCUT2D eigenvalue weighted by molar-refractivity contribution is -0.119. The third kappa shape index (κ3) is 5.64. The summed E-state index contributed by atoms with van der Waals surface area (Å²) in [7, 11) is -4.24. The van der Waals surface area contributed by atoms with Gasteiger partial charge < -0.3 is 4.57 Å². The Balaban J connectivity index is 1.57. The Morgan fingerprint density at radius 2 is 1.68 bits per heavy atom. The Labute approximate surface area is 226 Å². The summed E-state index contributed by atoms with van der Waals surface area (Å²) < 4.78 is 44.2. The number of sulfonamides is 1. The fraction of sp³-hybridized carbons (Fsp3) is 0.143. The van der Waals surface area contributed by atoms with E-state index in [0.29, 0.717) is 5.02 Å². The van der Waals surface area contributed by atoms with Crippen molar-refractivity contribution in [3.8, 4) is 5.69 Å². The van der Waals surface area contributed by atoms with Gasteiger partial charge in [0.05, 0.1) is 27.5 Å². The molecule has 0 radical (unpaired) electrons. The Hall–Kier alpha value is -3.95. The van der Waals surface area contributed by atoms with Gasteiger partial charge in [0.2, 0.25) is 0 Å². The minimum absolute atomic E-state index is 0.0605. The van der Waals surface area contributed by atoms with Gasteiger partial charge in [-0.1, -0.05) is 53.6 Å². The van der Waals surface area contributed by atoms with Gasteiger partial charge in [-0.05, 0) is 63.2 Å². The molecule has 0 fully saturated rings. The van der Waals surface area contributed by atoms with Crippen LogP contribution in [0.4, 0.5) is 10.1 Å². The number of benzene rings is 3. The molecule has 4 rings (SSSR count). The number of para-hydroxylation sites is 2. The maximum Gasteiger partial charge on any atom is 0.264 e. The van der Waals surface area contributed by atoms with Crippen LogP contribution in [0.1, 0.15) is 22.5 Å². The zero-order valence-corrected chi connectivity index (χ0v) is 22.6. The van der Waals surface area contributed by atoms with Gasteiger partial charge in [-0.2, -0.15) is 5.10 Å². The number of carbonyl (C=O) groups excluding carboxylic acids is 1. The van der Waals surface area contributed by atoms with Gasteiger partial charge >= 0.3 is 0 Å². The van der Waals surface area contributed by atoms with Gasteiger partial charge in [0.15, 0.2) is 0 Å². The lowest BCUT2D eigenvalue weighted by Crippen LogP contribution is -2.40. The summed E-state index contributed by atoms with van der Waals surface area (Å²) in [6.45, 7) is 4.97. The first-order valence-electron chi connectivity index (χ1n) is 11.7. The Morgan fingerprint density at radius 1 is 1.03 bits per heavy atom. The smallest absolute Gasteiger partial charge is 0.264 e. The van der Waals surface area contributed by atoms with E-state index in [4.69, 9.17) is 11.6 Å². The number of rotatable bonds is 8. The first kappa shape index (κ1) is 27.1. The lowest BCUT2D eigenvalue weighted by Gasteiger charge is -2.24. The molecular formula is C28H26ClFN4O3S. The predicted octanol–water partition coefficient (Wildman–Crippen LogP) is 5.54. The van der Waals surface area contributed by atoms with Crippen LogP contribution in [0.15, 0.2) is 88.9 Å². The molecule has 0 spiro atoms. The monoisotopic (exact) mass is 552 g/mol. The summed E-state index contributed by atoms with van der Waals surface area (Å²) in [5, 5.41) is 4.61. The van der Waals surface area contributed by atoms with E-state index >= 15 is 0 Å². The number of aromatic nitrogens is 1. The van der Waals surface area contributed by atoms with E-state index < -0.39 is 28.3 Å². The van der Waals surface area contributed by atoms with E-state index in [1.54, 1.807) is 18.2 Å². The summed E-state index contributed by atoms with van der Waals surface area (Å²) in [6, 6.07) is 20.8. The van der Waals surface area contributed by atoms with E-state index in [-0.39, 0.29) is 10.6 Å². The summed E-state index contributed by atoms with van der Waals surface area (Å²) in [5.41, 5.74) is 6.30. The molecular weight excluding hydrogens is 527 g/mol. The largest absolute Gasteiger partial charge is 0.316 e. The molecule has 0 unspecified atom stereocenters. The number of carbonyl (C=O) groups is 1. The highest BCUT2D eigenvalue weighted by atomic mass is 35.5. The van der Waals surface area contributed by atoms with Crippen LogP contribution in [-0.4, -0.2) is 31.7 Å². The minimum Gasteiger partial charge on any atom is -0.316 e. The highest BCUT2D eigenvalue weighted by Crippen LogP contribution is 2.27. The van der Waals surface area contributed by atoms with Crippen LogP contribution in [0, 0.1) is 26.6 Å². The number of halogens is 2. The van der Waals surface area contributed by atoms with Crippen molar-refractivity contribution < 1.29 is 17.6 Å². The number of amides is 1. The van der Waals surface area contributed by atoms with Crippen LogP contribution in [0.5, 0.6) is 0 Å². The van der Waals surface area contributed by atoms with Crippen LogP contribution >= 0.6 is 11.6 Å². The molecule has 7 nitrogen and oxygen atoms in total. The molecule has 1 N–H and O–H groups in total. The number of nitrogens with zero attached hydrogens (tertiary/aromatic N) is 3. The molecule has 0 saturated heterocycles. The van der Waals surface area contributed by atoms with Crippen LogP contribution in [0.2, 0.25) is 5.02 Å². The number of hydrazone groups is 1. The first-order chi connectivity index (χ1) is 18.1. The molecule has 0 aliphatic rings. The number of nitrogens with one attached hydrogen (secondary N) is 1. The lowest BCUT2D eigenvalue weighted by atomic mass is 10.2. The first-order valence-corrected chi connectivity index (χ1v) is 13.5. The number of hydrogen-bond donors (Lipinski definition) is 1. The van der Waals surface area contributed by atoms with Crippen LogP contribution in [-0.2, 0) is 14.8 Å². The highest BCUT2D eigenvalue weighted by molar-refractivity contribution is 7.92. The molecule has 1 heterocycles. The Morgan fingerprint density at radius 3 is 2.37 bits per heavy atom. The standard InChI is InChI=1S/C28H26ClFN4O3S/c1-19-12-14-23(15-13-19)38(36,37)33(27-11-7-5-9-25(27)30)18-28(35)32-31-17-22-16-20(2)34(21(22)3)26-10-6-4-8-24(26)29/h4-17H,18H2,1-3H3,(H,32,35)/b31-17-. The van der Waals surface area contributed by atoms with Gasteiger partial charge in [0.1, 0.15) is 12.4 Å². The molecule has 0 aliphatic heterocycles. The van der Waals surface area contributed by atoms with Gasteiger partial charge in [-0.3, -0.25) is 9.10 Å². The third-order valence-corrected chi connectivity index (χ3v) is 8.07. The second kappa shape index (κ2) is 11.2. The molecule has 0 bridgehead atoms. The van der Waals surface area contributed by atoms with Crippen LogP contribution in [0.25, 0.3) is 5.69 Å². The number of aryl methyl sites for hydroxylation is 2. The molecule has 3 aromatic carbocycles. The van der Waals surface area contributed by atoms with Crippen molar-refractivity contribution in [2.24, 2.45) is 5.10 Å². The van der Waals surface area contributed by atoms with E-state index in [1.807, 2.05) is 49.6 Å². The van der Waals surface area contributed by atoms with Crippen LogP contribution in [0.3, 0.4) is 0 Å². The molecule has 0 aliphatic carbocycles. The summed E-state index contributed by atoms with van der Waals surface area (Å²) in [6.07, 6.45) is 1.47. The third-order valence-electron chi connectivity index (χ3n) is 5.97. The zero-order valence-electron chi connectivity index (χ0n) is 21.0. The quantitative estimate of drug-likeness (QED) is 0.230.